The van der Waals surface area contributed by atoms with Crippen molar-refractivity contribution >= 4 is 5.78 Å². The standard InChI is InChI=1S/C24H23F2N3O2/c1-4-20-19(11-16(13-27-20)23-29-28-22(31-23)15(3)25)21(30)14(2)12-24(9-10-24)17-5-7-18(26)8-6-17/h5-8,11,13,15H,2,4,9-10,12H2,1,3H3. The number of carbonyl (C=O) groups excluding carboxylic acids is 1. The van der Waals surface area contributed by atoms with E-state index >= 15 is 0 Å². The van der Waals surface area contributed by atoms with E-state index in [-0.39, 0.29) is 28.8 Å². The minimum atomic E-state index is -1.38. The first kappa shape index (κ1) is 21.0. The summed E-state index contributed by atoms with van der Waals surface area (Å²) in [7, 11) is 0. The van der Waals surface area contributed by atoms with Crippen LogP contribution in [-0.4, -0.2) is 21.0 Å². The lowest BCUT2D eigenvalue weighted by atomic mass is 9.86. The van der Waals surface area contributed by atoms with Crippen molar-refractivity contribution in [1.29, 1.82) is 0 Å². The molecule has 1 atom stereocenters. The van der Waals surface area contributed by atoms with E-state index in [1.165, 1.54) is 19.1 Å². The van der Waals surface area contributed by atoms with Crippen molar-refractivity contribution in [3.8, 4) is 11.5 Å². The number of pyridine rings is 1. The highest BCUT2D eigenvalue weighted by atomic mass is 19.1. The number of benzene rings is 1. The van der Waals surface area contributed by atoms with E-state index in [1.807, 2.05) is 6.92 Å². The molecule has 31 heavy (non-hydrogen) atoms. The molecule has 0 aliphatic heterocycles. The summed E-state index contributed by atoms with van der Waals surface area (Å²) in [6.07, 6.45) is 3.07. The summed E-state index contributed by atoms with van der Waals surface area (Å²) in [5, 5.41) is 7.56. The second kappa shape index (κ2) is 8.13. The van der Waals surface area contributed by atoms with Gasteiger partial charge >= 0.3 is 0 Å². The number of allylic oxidation sites excluding steroid dienone is 1. The minimum absolute atomic E-state index is 0.110. The SMILES string of the molecule is C=C(CC1(c2ccc(F)cc2)CC1)C(=O)c1cc(-c2nnc(C(C)F)o2)cnc1CC. The van der Waals surface area contributed by atoms with Crippen molar-refractivity contribution in [2.24, 2.45) is 0 Å². The third kappa shape index (κ3) is 4.17. The first-order valence-corrected chi connectivity index (χ1v) is 10.3. The average molecular weight is 423 g/mol. The highest BCUT2D eigenvalue weighted by Gasteiger charge is 2.45. The fourth-order valence-electron chi connectivity index (χ4n) is 3.80. The van der Waals surface area contributed by atoms with E-state index < -0.39 is 6.17 Å². The third-order valence-corrected chi connectivity index (χ3v) is 5.76. The van der Waals surface area contributed by atoms with Gasteiger partial charge in [0.15, 0.2) is 12.0 Å². The van der Waals surface area contributed by atoms with Gasteiger partial charge in [-0.15, -0.1) is 10.2 Å². The summed E-state index contributed by atoms with van der Waals surface area (Å²) in [6, 6.07) is 8.09. The molecule has 160 valence electrons. The molecule has 1 saturated carbocycles. The van der Waals surface area contributed by atoms with Gasteiger partial charge in [-0.05, 0) is 67.4 Å². The van der Waals surface area contributed by atoms with Gasteiger partial charge in [0.1, 0.15) is 5.82 Å². The van der Waals surface area contributed by atoms with Crippen molar-refractivity contribution in [2.45, 2.75) is 51.1 Å². The van der Waals surface area contributed by atoms with E-state index in [0.29, 0.717) is 35.2 Å². The van der Waals surface area contributed by atoms with Gasteiger partial charge in [-0.1, -0.05) is 25.6 Å². The normalized spacial score (nSPS) is 15.5. The molecule has 0 N–H and O–H groups in total. The predicted octanol–water partition coefficient (Wildman–Crippen LogP) is 5.72. The predicted molar refractivity (Wildman–Crippen MR) is 112 cm³/mol. The Morgan fingerprint density at radius 1 is 1.26 bits per heavy atom. The van der Waals surface area contributed by atoms with Crippen LogP contribution >= 0.6 is 0 Å². The quantitative estimate of drug-likeness (QED) is 0.342. The molecule has 1 aliphatic carbocycles. The molecule has 7 heteroatoms. The molecule has 4 rings (SSSR count). The highest BCUT2D eigenvalue weighted by Crippen LogP contribution is 2.52. The van der Waals surface area contributed by atoms with Gasteiger partial charge in [0.25, 0.3) is 5.89 Å². The van der Waals surface area contributed by atoms with Crippen LogP contribution in [0.5, 0.6) is 0 Å². The van der Waals surface area contributed by atoms with Gasteiger partial charge < -0.3 is 4.42 Å². The van der Waals surface area contributed by atoms with Gasteiger partial charge in [-0.3, -0.25) is 9.78 Å². The number of aromatic nitrogens is 3. The Bertz CT molecular complexity index is 1130. The largest absolute Gasteiger partial charge is 0.417 e. The molecule has 0 bridgehead atoms. The summed E-state index contributed by atoms with van der Waals surface area (Å²) in [5.41, 5.74) is 2.83. The Morgan fingerprint density at radius 3 is 2.55 bits per heavy atom. The zero-order chi connectivity index (χ0) is 22.2. The van der Waals surface area contributed by atoms with Gasteiger partial charge in [0.05, 0.1) is 11.3 Å². The number of hydrogen-bond donors (Lipinski definition) is 0. The number of hydrogen-bond acceptors (Lipinski definition) is 5. The van der Waals surface area contributed by atoms with Crippen LogP contribution in [0.3, 0.4) is 0 Å². The molecule has 2 aromatic heterocycles. The van der Waals surface area contributed by atoms with Crippen LogP contribution in [0.1, 0.15) is 66.8 Å². The van der Waals surface area contributed by atoms with E-state index in [4.69, 9.17) is 4.42 Å². The summed E-state index contributed by atoms with van der Waals surface area (Å²) >= 11 is 0. The highest BCUT2D eigenvalue weighted by molar-refractivity contribution is 6.09. The number of Topliss-reactive ketones (excluding diaryl/α,β-unsaturated/α-hetero) is 1. The summed E-state index contributed by atoms with van der Waals surface area (Å²) in [6.45, 7) is 7.28. The van der Waals surface area contributed by atoms with E-state index in [2.05, 4.69) is 21.8 Å². The zero-order valence-corrected chi connectivity index (χ0v) is 17.5. The van der Waals surface area contributed by atoms with Crippen molar-refractivity contribution in [1.82, 2.24) is 15.2 Å². The number of carbonyl (C=O) groups is 1. The van der Waals surface area contributed by atoms with Crippen LogP contribution in [0.25, 0.3) is 11.5 Å². The average Bonchev–Trinajstić information content (AvgIpc) is 3.36. The maximum Gasteiger partial charge on any atom is 0.250 e. The van der Waals surface area contributed by atoms with E-state index in [1.54, 1.807) is 24.4 Å². The van der Waals surface area contributed by atoms with Gasteiger partial charge in [-0.2, -0.15) is 0 Å². The first-order valence-electron chi connectivity index (χ1n) is 10.3. The lowest BCUT2D eigenvalue weighted by Crippen LogP contribution is -2.14. The van der Waals surface area contributed by atoms with Gasteiger partial charge in [-0.25, -0.2) is 8.78 Å². The smallest absolute Gasteiger partial charge is 0.250 e. The Kier molecular flexibility index (Phi) is 5.52. The van der Waals surface area contributed by atoms with Crippen molar-refractivity contribution in [2.75, 3.05) is 0 Å². The maximum absolute atomic E-state index is 13.4. The lowest BCUT2D eigenvalue weighted by molar-refractivity contribution is 0.102. The molecular weight excluding hydrogens is 400 g/mol. The lowest BCUT2D eigenvalue weighted by Gasteiger charge is -2.17. The Balaban J connectivity index is 1.59. The Morgan fingerprint density at radius 2 is 1.97 bits per heavy atom. The molecule has 1 aromatic carbocycles. The molecular formula is C24H23F2N3O2. The summed E-state index contributed by atoms with van der Waals surface area (Å²) < 4.78 is 32.1. The monoisotopic (exact) mass is 423 g/mol. The van der Waals surface area contributed by atoms with Crippen LogP contribution in [0, 0.1) is 5.82 Å². The van der Waals surface area contributed by atoms with Crippen molar-refractivity contribution in [3.63, 3.8) is 0 Å². The zero-order valence-electron chi connectivity index (χ0n) is 17.5. The fraction of sp³-hybridized carbons (Fsp3) is 0.333. The number of ketones is 1. The van der Waals surface area contributed by atoms with Crippen LogP contribution in [0.2, 0.25) is 0 Å². The number of alkyl halides is 1. The van der Waals surface area contributed by atoms with Crippen molar-refractivity contribution in [3.05, 3.63) is 77.2 Å². The van der Waals surface area contributed by atoms with Gasteiger partial charge in [0, 0.05) is 11.8 Å². The molecule has 0 radical (unpaired) electrons. The topological polar surface area (TPSA) is 68.9 Å². The molecule has 0 saturated heterocycles. The molecule has 0 amide bonds. The Hall–Kier alpha value is -3.22. The molecule has 1 aliphatic rings. The molecule has 2 heterocycles. The van der Waals surface area contributed by atoms with Gasteiger partial charge in [0.2, 0.25) is 5.89 Å². The summed E-state index contributed by atoms with van der Waals surface area (Å²) in [4.78, 5) is 17.7. The van der Waals surface area contributed by atoms with Crippen LogP contribution in [0.15, 0.2) is 53.1 Å². The summed E-state index contributed by atoms with van der Waals surface area (Å²) in [5.74, 6) is -0.490. The Labute approximate surface area is 179 Å². The number of rotatable bonds is 8. The van der Waals surface area contributed by atoms with Crippen LogP contribution < -0.4 is 0 Å². The molecule has 5 nitrogen and oxygen atoms in total. The first-order chi connectivity index (χ1) is 14.8. The number of nitrogens with zero attached hydrogens (tertiary/aromatic N) is 3. The molecule has 1 fully saturated rings. The third-order valence-electron chi connectivity index (χ3n) is 5.76. The minimum Gasteiger partial charge on any atom is -0.417 e. The number of halogens is 2. The maximum atomic E-state index is 13.4. The second-order valence-electron chi connectivity index (χ2n) is 8.03. The number of aryl methyl sites for hydroxylation is 1. The molecule has 1 unspecified atom stereocenters. The van der Waals surface area contributed by atoms with Crippen LogP contribution in [-0.2, 0) is 11.8 Å². The molecule has 0 spiro atoms. The second-order valence-corrected chi connectivity index (χ2v) is 8.03. The molecule has 3 aromatic rings. The van der Waals surface area contributed by atoms with E-state index in [0.717, 1.165) is 18.4 Å². The van der Waals surface area contributed by atoms with Crippen LogP contribution in [0.4, 0.5) is 8.78 Å². The van der Waals surface area contributed by atoms with E-state index in [9.17, 15) is 13.6 Å². The van der Waals surface area contributed by atoms with Crippen molar-refractivity contribution < 1.29 is 18.0 Å². The fourth-order valence-corrected chi connectivity index (χ4v) is 3.80.